The predicted octanol–water partition coefficient (Wildman–Crippen LogP) is 2.25. The number of hydrogen-bond donors (Lipinski definition) is 1. The molecule has 1 heterocycles. The molecule has 1 aliphatic heterocycles. The molecular formula is C10H12N. The molecule has 11 heavy (non-hydrogen) atoms. The molecule has 57 valence electrons. The van der Waals surface area contributed by atoms with Crippen molar-refractivity contribution in [1.29, 1.82) is 0 Å². The van der Waals surface area contributed by atoms with Crippen LogP contribution in [0.3, 0.4) is 0 Å². The van der Waals surface area contributed by atoms with Crippen LogP contribution in [0.25, 0.3) is 0 Å². The first kappa shape index (κ1) is 6.71. The lowest BCUT2D eigenvalue weighted by molar-refractivity contribution is 0.728. The molecule has 0 bridgehead atoms. The van der Waals surface area contributed by atoms with Crippen molar-refractivity contribution in [3.8, 4) is 0 Å². The van der Waals surface area contributed by atoms with Crippen LogP contribution in [-0.2, 0) is 6.42 Å². The maximum absolute atomic E-state index is 3.99. The fraction of sp³-hybridized carbons (Fsp3) is 0.300. The quantitative estimate of drug-likeness (QED) is 0.592. The number of para-hydroxylation sites is 1. The third-order valence-corrected chi connectivity index (χ3v) is 2.14. The van der Waals surface area contributed by atoms with Gasteiger partial charge in [0, 0.05) is 11.7 Å². The van der Waals surface area contributed by atoms with Crippen molar-refractivity contribution in [2.45, 2.75) is 18.9 Å². The van der Waals surface area contributed by atoms with Crippen LogP contribution >= 0.6 is 0 Å². The van der Waals surface area contributed by atoms with Gasteiger partial charge in [0.05, 0.1) is 0 Å². The van der Waals surface area contributed by atoms with Gasteiger partial charge >= 0.3 is 0 Å². The van der Waals surface area contributed by atoms with E-state index in [2.05, 4.69) is 36.5 Å². The highest BCUT2D eigenvalue weighted by molar-refractivity contribution is 5.53. The van der Waals surface area contributed by atoms with E-state index in [9.17, 15) is 0 Å². The fourth-order valence-electron chi connectivity index (χ4n) is 1.50. The van der Waals surface area contributed by atoms with E-state index in [-0.39, 0.29) is 0 Å². The zero-order chi connectivity index (χ0) is 7.68. The molecule has 1 N–H and O–H groups in total. The number of anilines is 1. The molecule has 0 aromatic heterocycles. The van der Waals surface area contributed by atoms with Crippen molar-refractivity contribution < 1.29 is 0 Å². The van der Waals surface area contributed by atoms with Gasteiger partial charge in [0.1, 0.15) is 0 Å². The summed E-state index contributed by atoms with van der Waals surface area (Å²) in [4.78, 5) is 0. The van der Waals surface area contributed by atoms with Gasteiger partial charge in [-0.1, -0.05) is 18.2 Å². The highest BCUT2D eigenvalue weighted by Crippen LogP contribution is 2.23. The zero-order valence-corrected chi connectivity index (χ0v) is 6.51. The predicted molar refractivity (Wildman–Crippen MR) is 47.5 cm³/mol. The van der Waals surface area contributed by atoms with Crippen LogP contribution in [0.5, 0.6) is 0 Å². The Balaban J connectivity index is 2.34. The summed E-state index contributed by atoms with van der Waals surface area (Å²) < 4.78 is 0. The minimum Gasteiger partial charge on any atom is -0.382 e. The average Bonchev–Trinajstić information content (AvgIpc) is 2.04. The fourth-order valence-corrected chi connectivity index (χ4v) is 1.50. The van der Waals surface area contributed by atoms with Crippen molar-refractivity contribution in [1.82, 2.24) is 0 Å². The van der Waals surface area contributed by atoms with Crippen LogP contribution in [0.2, 0.25) is 0 Å². The summed E-state index contributed by atoms with van der Waals surface area (Å²) in [5, 5.41) is 3.35. The first-order chi connectivity index (χ1) is 5.36. The van der Waals surface area contributed by atoms with Gasteiger partial charge in [-0.15, -0.1) is 0 Å². The van der Waals surface area contributed by atoms with Crippen molar-refractivity contribution >= 4 is 5.69 Å². The van der Waals surface area contributed by atoms with Crippen LogP contribution < -0.4 is 5.32 Å². The molecule has 0 amide bonds. The Morgan fingerprint density at radius 2 is 2.18 bits per heavy atom. The second kappa shape index (κ2) is 2.57. The molecule has 0 fully saturated rings. The molecule has 1 atom stereocenters. The molecule has 0 aliphatic carbocycles. The molecule has 1 aromatic carbocycles. The van der Waals surface area contributed by atoms with Crippen LogP contribution in [0, 0.1) is 6.92 Å². The second-order valence-electron chi connectivity index (χ2n) is 3.04. The number of rotatable bonds is 0. The van der Waals surface area contributed by atoms with Gasteiger partial charge in [0.2, 0.25) is 0 Å². The minimum atomic E-state index is 0.393. The van der Waals surface area contributed by atoms with Gasteiger partial charge in [-0.05, 0) is 31.4 Å². The van der Waals surface area contributed by atoms with Crippen molar-refractivity contribution in [2.24, 2.45) is 0 Å². The maximum atomic E-state index is 3.99. The number of benzene rings is 1. The SMILES string of the molecule is [CH2]C1CCc2ccccc2N1. The van der Waals surface area contributed by atoms with Crippen molar-refractivity contribution in [3.63, 3.8) is 0 Å². The number of aryl methyl sites for hydroxylation is 1. The van der Waals surface area contributed by atoms with Gasteiger partial charge in [-0.3, -0.25) is 0 Å². The monoisotopic (exact) mass is 146 g/mol. The molecule has 0 saturated carbocycles. The topological polar surface area (TPSA) is 12.0 Å². The molecule has 1 unspecified atom stereocenters. The Morgan fingerprint density at radius 1 is 1.36 bits per heavy atom. The Labute approximate surface area is 67.4 Å². The van der Waals surface area contributed by atoms with Gasteiger partial charge in [-0.2, -0.15) is 0 Å². The van der Waals surface area contributed by atoms with E-state index in [0.29, 0.717) is 6.04 Å². The smallest absolute Gasteiger partial charge is 0.0374 e. The van der Waals surface area contributed by atoms with Crippen LogP contribution in [-0.4, -0.2) is 6.04 Å². The minimum absolute atomic E-state index is 0.393. The summed E-state index contributed by atoms with van der Waals surface area (Å²) in [6, 6.07) is 8.83. The van der Waals surface area contributed by atoms with Crippen molar-refractivity contribution in [3.05, 3.63) is 36.8 Å². The molecule has 1 radical (unpaired) electrons. The Morgan fingerprint density at radius 3 is 3.09 bits per heavy atom. The zero-order valence-electron chi connectivity index (χ0n) is 6.51. The third kappa shape index (κ3) is 1.23. The summed E-state index contributed by atoms with van der Waals surface area (Å²) >= 11 is 0. The van der Waals surface area contributed by atoms with Gasteiger partial charge in [0.25, 0.3) is 0 Å². The lowest BCUT2D eigenvalue weighted by atomic mass is 9.99. The Bertz CT molecular complexity index is 255. The van der Waals surface area contributed by atoms with E-state index < -0.39 is 0 Å². The van der Waals surface area contributed by atoms with Gasteiger partial charge in [-0.25, -0.2) is 0 Å². The molecule has 1 aromatic rings. The molecule has 0 spiro atoms. The molecule has 2 rings (SSSR count). The first-order valence-electron chi connectivity index (χ1n) is 4.04. The molecule has 1 aliphatic rings. The van der Waals surface area contributed by atoms with Crippen LogP contribution in [0.15, 0.2) is 24.3 Å². The van der Waals surface area contributed by atoms with E-state index in [1.165, 1.54) is 11.3 Å². The van der Waals surface area contributed by atoms with E-state index in [1.54, 1.807) is 0 Å². The maximum Gasteiger partial charge on any atom is 0.0374 e. The van der Waals surface area contributed by atoms with Crippen LogP contribution in [0.1, 0.15) is 12.0 Å². The Hall–Kier alpha value is -0.980. The van der Waals surface area contributed by atoms with Crippen LogP contribution in [0.4, 0.5) is 5.69 Å². The van der Waals surface area contributed by atoms with Crippen molar-refractivity contribution in [2.75, 3.05) is 5.32 Å². The molecule has 1 nitrogen and oxygen atoms in total. The van der Waals surface area contributed by atoms with E-state index >= 15 is 0 Å². The first-order valence-corrected chi connectivity index (χ1v) is 4.04. The largest absolute Gasteiger partial charge is 0.382 e. The number of fused-ring (bicyclic) bond motifs is 1. The highest BCUT2D eigenvalue weighted by atomic mass is 14.9. The number of hydrogen-bond acceptors (Lipinski definition) is 1. The van der Waals surface area contributed by atoms with E-state index in [0.717, 1.165) is 12.8 Å². The van der Waals surface area contributed by atoms with E-state index in [4.69, 9.17) is 0 Å². The number of nitrogens with one attached hydrogen (secondary N) is 1. The Kier molecular flexibility index (Phi) is 1.57. The van der Waals surface area contributed by atoms with Gasteiger partial charge in [0.15, 0.2) is 0 Å². The summed E-state index contributed by atoms with van der Waals surface area (Å²) in [7, 11) is 0. The summed E-state index contributed by atoms with van der Waals surface area (Å²) in [5.74, 6) is 0. The third-order valence-electron chi connectivity index (χ3n) is 2.14. The van der Waals surface area contributed by atoms with E-state index in [1.807, 2.05) is 0 Å². The summed E-state index contributed by atoms with van der Waals surface area (Å²) in [6.45, 7) is 3.99. The highest BCUT2D eigenvalue weighted by Gasteiger charge is 2.11. The van der Waals surface area contributed by atoms with Gasteiger partial charge < -0.3 is 5.32 Å². The summed E-state index contributed by atoms with van der Waals surface area (Å²) in [6.07, 6.45) is 2.31. The molecule has 1 heteroatoms. The summed E-state index contributed by atoms with van der Waals surface area (Å²) in [5.41, 5.74) is 2.69. The lowest BCUT2D eigenvalue weighted by Crippen LogP contribution is -2.21. The normalized spacial score (nSPS) is 22.1. The molecular weight excluding hydrogens is 134 g/mol. The lowest BCUT2D eigenvalue weighted by Gasteiger charge is -2.23. The molecule has 0 saturated heterocycles. The average molecular weight is 146 g/mol. The second-order valence-corrected chi connectivity index (χ2v) is 3.04. The standard InChI is InChI=1S/C10H12N/c1-8-6-7-9-4-2-3-5-10(9)11-8/h2-5,8,11H,1,6-7H2.